The molecular weight excluding hydrogens is 438 g/mol. The first kappa shape index (κ1) is 21.9. The maximum Gasteiger partial charge on any atom is 0.338 e. The maximum absolute atomic E-state index is 12.9. The summed E-state index contributed by atoms with van der Waals surface area (Å²) in [5, 5.41) is 3.20. The predicted octanol–water partition coefficient (Wildman–Crippen LogP) is 3.73. The molecule has 0 spiro atoms. The molecule has 164 valence electrons. The van der Waals surface area contributed by atoms with Gasteiger partial charge in [-0.25, -0.2) is 9.79 Å². The van der Waals surface area contributed by atoms with E-state index in [4.69, 9.17) is 21.1 Å². The second kappa shape index (κ2) is 9.46. The molecule has 0 radical (unpaired) electrons. The van der Waals surface area contributed by atoms with Gasteiger partial charge in [-0.1, -0.05) is 41.6 Å². The van der Waals surface area contributed by atoms with Crippen molar-refractivity contribution in [2.45, 2.75) is 26.3 Å². The largest absolute Gasteiger partial charge is 0.463 e. The lowest BCUT2D eigenvalue weighted by Crippen LogP contribution is -2.42. The minimum Gasteiger partial charge on any atom is -0.463 e. The quantitative estimate of drug-likeness (QED) is 0.622. The molecular formula is C22H24ClN3O4S. The number of halogens is 1. The standard InChI is InChI=1S/C22H24ClN3O4S/c1-3-30-21(28)19-14(2)24-22-26(20(19)16-6-4-5-7-17(16)23)15(13-31-22)12-18(27)25-8-10-29-11-9-25/h4-7,13,20H,3,8-12H2,1-2H3/t20-/m0/s1. The molecule has 9 heteroatoms. The Hall–Kier alpha value is -2.29. The summed E-state index contributed by atoms with van der Waals surface area (Å²) < 4.78 is 10.7. The molecule has 1 fully saturated rings. The van der Waals surface area contributed by atoms with Crippen LogP contribution in [0.2, 0.25) is 5.02 Å². The average Bonchev–Trinajstić information content (AvgIpc) is 3.16. The van der Waals surface area contributed by atoms with Crippen LogP contribution in [0, 0.1) is 0 Å². The van der Waals surface area contributed by atoms with E-state index in [-0.39, 0.29) is 18.9 Å². The van der Waals surface area contributed by atoms with Crippen LogP contribution in [0.5, 0.6) is 0 Å². The van der Waals surface area contributed by atoms with E-state index in [1.54, 1.807) is 19.9 Å². The van der Waals surface area contributed by atoms with Gasteiger partial charge in [-0.3, -0.25) is 4.79 Å². The Morgan fingerprint density at radius 3 is 2.74 bits per heavy atom. The van der Waals surface area contributed by atoms with Crippen LogP contribution in [0.1, 0.15) is 31.9 Å². The van der Waals surface area contributed by atoms with Crippen molar-refractivity contribution in [1.82, 2.24) is 9.80 Å². The first-order valence-electron chi connectivity index (χ1n) is 10.2. The number of thioether (sulfide) groups is 1. The Bertz CT molecular complexity index is 985. The molecule has 0 saturated carbocycles. The first-order chi connectivity index (χ1) is 15.0. The number of benzene rings is 1. The van der Waals surface area contributed by atoms with E-state index in [0.29, 0.717) is 42.6 Å². The summed E-state index contributed by atoms with van der Waals surface area (Å²) in [5.74, 6) is -0.401. The maximum atomic E-state index is 12.9. The Balaban J connectivity index is 1.71. The highest BCUT2D eigenvalue weighted by atomic mass is 35.5. The number of fused-ring (bicyclic) bond motifs is 1. The fraction of sp³-hybridized carbons (Fsp3) is 0.409. The van der Waals surface area contributed by atoms with Gasteiger partial charge in [-0.2, -0.15) is 0 Å². The van der Waals surface area contributed by atoms with E-state index in [0.717, 1.165) is 16.4 Å². The molecule has 1 aromatic carbocycles. The van der Waals surface area contributed by atoms with Gasteiger partial charge in [0.1, 0.15) is 0 Å². The Labute approximate surface area is 190 Å². The number of ether oxygens (including phenoxy) is 2. The van der Waals surface area contributed by atoms with Gasteiger partial charge in [0.15, 0.2) is 5.17 Å². The summed E-state index contributed by atoms with van der Waals surface area (Å²) in [6, 6.07) is 6.91. The second-order valence-electron chi connectivity index (χ2n) is 7.30. The van der Waals surface area contributed by atoms with E-state index >= 15 is 0 Å². The number of amidine groups is 1. The SMILES string of the molecule is CCOC(=O)C1=C(C)N=C2SC=C(CC(=O)N3CCOCC3)N2[C@H]1c1ccccc1Cl. The number of morpholine rings is 1. The van der Waals surface area contributed by atoms with Crippen LogP contribution in [0.4, 0.5) is 0 Å². The first-order valence-corrected chi connectivity index (χ1v) is 11.5. The molecule has 0 unspecified atom stereocenters. The number of esters is 1. The van der Waals surface area contributed by atoms with Crippen LogP contribution >= 0.6 is 23.4 Å². The molecule has 3 aliphatic rings. The van der Waals surface area contributed by atoms with Crippen molar-refractivity contribution in [2.75, 3.05) is 32.9 Å². The van der Waals surface area contributed by atoms with E-state index < -0.39 is 12.0 Å². The van der Waals surface area contributed by atoms with Crippen LogP contribution in [0.15, 0.2) is 51.6 Å². The van der Waals surface area contributed by atoms with Gasteiger partial charge in [0.25, 0.3) is 0 Å². The fourth-order valence-corrected chi connectivity index (χ4v) is 5.11. The van der Waals surface area contributed by atoms with Crippen molar-refractivity contribution in [3.63, 3.8) is 0 Å². The molecule has 1 atom stereocenters. The zero-order chi connectivity index (χ0) is 22.0. The third-order valence-electron chi connectivity index (χ3n) is 5.39. The summed E-state index contributed by atoms with van der Waals surface area (Å²) in [6.07, 6.45) is 0.210. The normalized spacial score (nSPS) is 20.9. The molecule has 3 aliphatic heterocycles. The van der Waals surface area contributed by atoms with Gasteiger partial charge >= 0.3 is 5.97 Å². The van der Waals surface area contributed by atoms with Crippen LogP contribution in [-0.2, 0) is 19.1 Å². The number of rotatable bonds is 5. The Morgan fingerprint density at radius 2 is 2.03 bits per heavy atom. The summed E-state index contributed by atoms with van der Waals surface area (Å²) in [4.78, 5) is 34.3. The van der Waals surface area contributed by atoms with Crippen molar-refractivity contribution < 1.29 is 19.1 Å². The number of hydrogen-bond donors (Lipinski definition) is 0. The van der Waals surface area contributed by atoms with E-state index in [1.165, 1.54) is 11.8 Å². The summed E-state index contributed by atoms with van der Waals surface area (Å²) in [6.45, 7) is 6.10. The minimum atomic E-state index is -0.515. The molecule has 1 saturated heterocycles. The summed E-state index contributed by atoms with van der Waals surface area (Å²) >= 11 is 8.01. The van der Waals surface area contributed by atoms with Crippen LogP contribution in [-0.4, -0.2) is 59.8 Å². The third kappa shape index (κ3) is 4.37. The Kier molecular flexibility index (Phi) is 6.69. The smallest absolute Gasteiger partial charge is 0.338 e. The highest BCUT2D eigenvalue weighted by Gasteiger charge is 2.42. The lowest BCUT2D eigenvalue weighted by molar-refractivity contribution is -0.139. The number of carbonyl (C=O) groups is 2. The molecule has 7 nitrogen and oxygen atoms in total. The monoisotopic (exact) mass is 461 g/mol. The number of aliphatic imine (C=N–C) groups is 1. The topological polar surface area (TPSA) is 71.4 Å². The lowest BCUT2D eigenvalue weighted by Gasteiger charge is -2.37. The van der Waals surface area contributed by atoms with E-state index in [9.17, 15) is 9.59 Å². The van der Waals surface area contributed by atoms with Gasteiger partial charge in [-0.05, 0) is 30.9 Å². The van der Waals surface area contributed by atoms with Crippen molar-refractivity contribution >= 4 is 40.4 Å². The average molecular weight is 462 g/mol. The minimum absolute atomic E-state index is 0.0262. The molecule has 0 aromatic heterocycles. The highest BCUT2D eigenvalue weighted by molar-refractivity contribution is 8.16. The summed E-state index contributed by atoms with van der Waals surface area (Å²) in [5.41, 5.74) is 2.59. The molecule has 0 N–H and O–H groups in total. The number of hydrogen-bond acceptors (Lipinski definition) is 7. The van der Waals surface area contributed by atoms with Crippen molar-refractivity contribution in [2.24, 2.45) is 4.99 Å². The van der Waals surface area contributed by atoms with Crippen LogP contribution in [0.25, 0.3) is 0 Å². The van der Waals surface area contributed by atoms with Crippen molar-refractivity contribution in [3.05, 3.63) is 57.2 Å². The fourth-order valence-electron chi connectivity index (χ4n) is 3.91. The van der Waals surface area contributed by atoms with Gasteiger partial charge in [-0.15, -0.1) is 0 Å². The molecule has 31 heavy (non-hydrogen) atoms. The number of allylic oxidation sites excluding steroid dienone is 1. The molecule has 4 rings (SSSR count). The van der Waals surface area contributed by atoms with Gasteiger partial charge in [0, 0.05) is 23.8 Å². The zero-order valence-corrected chi connectivity index (χ0v) is 19.0. The molecule has 0 bridgehead atoms. The van der Waals surface area contributed by atoms with Crippen LogP contribution < -0.4 is 0 Å². The number of amides is 1. The van der Waals surface area contributed by atoms with E-state index in [1.807, 2.05) is 33.4 Å². The van der Waals surface area contributed by atoms with Crippen LogP contribution in [0.3, 0.4) is 0 Å². The van der Waals surface area contributed by atoms with E-state index in [2.05, 4.69) is 4.99 Å². The zero-order valence-electron chi connectivity index (χ0n) is 17.5. The molecule has 1 amide bonds. The third-order valence-corrected chi connectivity index (χ3v) is 6.62. The lowest BCUT2D eigenvalue weighted by atomic mass is 9.93. The number of nitrogens with zero attached hydrogens (tertiary/aromatic N) is 3. The van der Waals surface area contributed by atoms with Crippen molar-refractivity contribution in [1.29, 1.82) is 0 Å². The molecule has 1 aromatic rings. The molecule has 0 aliphatic carbocycles. The van der Waals surface area contributed by atoms with Gasteiger partial charge < -0.3 is 19.3 Å². The molecule has 3 heterocycles. The Morgan fingerprint density at radius 1 is 1.29 bits per heavy atom. The summed E-state index contributed by atoms with van der Waals surface area (Å²) in [7, 11) is 0. The second-order valence-corrected chi connectivity index (χ2v) is 8.55. The number of carbonyl (C=O) groups excluding carboxylic acids is 2. The van der Waals surface area contributed by atoms with Gasteiger partial charge in [0.05, 0.1) is 43.6 Å². The highest BCUT2D eigenvalue weighted by Crippen LogP contribution is 2.46. The van der Waals surface area contributed by atoms with Gasteiger partial charge in [0.2, 0.25) is 5.91 Å². The predicted molar refractivity (Wildman–Crippen MR) is 120 cm³/mol. The van der Waals surface area contributed by atoms with Crippen molar-refractivity contribution in [3.8, 4) is 0 Å².